The predicted octanol–water partition coefficient (Wildman–Crippen LogP) is 3.75. The fourth-order valence-electron chi connectivity index (χ4n) is 1.57. The number of aryl methyl sites for hydroxylation is 2. The Hall–Kier alpha value is -1.33. The summed E-state index contributed by atoms with van der Waals surface area (Å²) in [4.78, 5) is 11.0. The number of carbonyl (C=O) groups excluding carboxylic acids is 1. The highest BCUT2D eigenvalue weighted by Gasteiger charge is 2.16. The molecule has 0 unspecified atom stereocenters. The largest absolute Gasteiger partial charge is 0.437 e. The predicted molar refractivity (Wildman–Crippen MR) is 72.6 cm³/mol. The molecule has 0 spiro atoms. The fraction of sp³-hybridized carbons (Fsp3) is 0.167. The zero-order chi connectivity index (χ0) is 13.3. The summed E-state index contributed by atoms with van der Waals surface area (Å²) >= 11 is 9.38. The van der Waals surface area contributed by atoms with Gasteiger partial charge in [0.2, 0.25) is 5.88 Å². The lowest BCUT2D eigenvalue weighted by Crippen LogP contribution is -1.97. The van der Waals surface area contributed by atoms with E-state index in [4.69, 9.17) is 16.3 Å². The van der Waals surface area contributed by atoms with Gasteiger partial charge in [0.1, 0.15) is 5.75 Å². The van der Waals surface area contributed by atoms with Crippen LogP contribution in [0.15, 0.2) is 22.7 Å². The number of aldehydes is 1. The van der Waals surface area contributed by atoms with Crippen molar-refractivity contribution in [2.24, 2.45) is 7.05 Å². The van der Waals surface area contributed by atoms with Gasteiger partial charge in [-0.05, 0) is 25.1 Å². The number of halogens is 2. The number of aromatic nitrogens is 2. The van der Waals surface area contributed by atoms with E-state index in [2.05, 4.69) is 21.0 Å². The molecule has 0 aliphatic heterocycles. The average molecular weight is 330 g/mol. The molecule has 1 heterocycles. The van der Waals surface area contributed by atoms with E-state index in [0.29, 0.717) is 27.9 Å². The first-order valence-electron chi connectivity index (χ1n) is 5.14. The zero-order valence-electron chi connectivity index (χ0n) is 9.78. The second-order valence-corrected chi connectivity index (χ2v) is 5.05. The first-order chi connectivity index (χ1) is 8.52. The SMILES string of the molecule is Cc1nn(C)c(Oc2cc(Br)ccc2Cl)c1C=O. The van der Waals surface area contributed by atoms with Gasteiger partial charge in [0.15, 0.2) is 6.29 Å². The third-order valence-corrected chi connectivity index (χ3v) is 3.24. The van der Waals surface area contributed by atoms with Crippen LogP contribution in [-0.4, -0.2) is 16.1 Å². The smallest absolute Gasteiger partial charge is 0.228 e. The van der Waals surface area contributed by atoms with Crippen molar-refractivity contribution >= 4 is 33.8 Å². The lowest BCUT2D eigenvalue weighted by atomic mass is 10.3. The highest BCUT2D eigenvalue weighted by molar-refractivity contribution is 9.10. The van der Waals surface area contributed by atoms with Crippen LogP contribution in [0.5, 0.6) is 11.6 Å². The van der Waals surface area contributed by atoms with Crippen LogP contribution in [0, 0.1) is 6.92 Å². The van der Waals surface area contributed by atoms with Gasteiger partial charge in [-0.1, -0.05) is 27.5 Å². The number of hydrogen-bond acceptors (Lipinski definition) is 3. The number of ether oxygens (including phenoxy) is 1. The Morgan fingerprint density at radius 2 is 2.22 bits per heavy atom. The van der Waals surface area contributed by atoms with E-state index in [-0.39, 0.29) is 0 Å². The first kappa shape index (κ1) is 13.1. The van der Waals surface area contributed by atoms with E-state index in [9.17, 15) is 4.79 Å². The van der Waals surface area contributed by atoms with E-state index in [1.165, 1.54) is 4.68 Å². The van der Waals surface area contributed by atoms with Crippen molar-refractivity contribution in [1.29, 1.82) is 0 Å². The molecule has 0 radical (unpaired) electrons. The molecule has 0 atom stereocenters. The molecule has 94 valence electrons. The Labute approximate surface area is 118 Å². The monoisotopic (exact) mass is 328 g/mol. The summed E-state index contributed by atoms with van der Waals surface area (Å²) in [5, 5.41) is 4.60. The van der Waals surface area contributed by atoms with Crippen LogP contribution in [0.4, 0.5) is 0 Å². The fourth-order valence-corrected chi connectivity index (χ4v) is 2.07. The highest BCUT2D eigenvalue weighted by atomic mass is 79.9. The maximum Gasteiger partial charge on any atom is 0.228 e. The first-order valence-corrected chi connectivity index (χ1v) is 6.31. The topological polar surface area (TPSA) is 44.1 Å². The molecule has 2 aromatic rings. The van der Waals surface area contributed by atoms with Crippen LogP contribution in [0.1, 0.15) is 16.1 Å². The summed E-state index contributed by atoms with van der Waals surface area (Å²) in [6, 6.07) is 5.26. The molecule has 0 bridgehead atoms. The Morgan fingerprint density at radius 3 is 2.89 bits per heavy atom. The maximum absolute atomic E-state index is 11.0. The molecule has 0 amide bonds. The van der Waals surface area contributed by atoms with Crippen LogP contribution >= 0.6 is 27.5 Å². The minimum absolute atomic E-state index is 0.377. The molecule has 0 aliphatic carbocycles. The van der Waals surface area contributed by atoms with E-state index in [0.717, 1.165) is 10.8 Å². The zero-order valence-corrected chi connectivity index (χ0v) is 12.1. The van der Waals surface area contributed by atoms with Gasteiger partial charge in [0.05, 0.1) is 16.3 Å². The van der Waals surface area contributed by atoms with Gasteiger partial charge >= 0.3 is 0 Å². The molecule has 6 heteroatoms. The van der Waals surface area contributed by atoms with Crippen molar-refractivity contribution in [3.05, 3.63) is 39.0 Å². The van der Waals surface area contributed by atoms with Crippen LogP contribution in [-0.2, 0) is 7.05 Å². The number of hydrogen-bond donors (Lipinski definition) is 0. The van der Waals surface area contributed by atoms with E-state index in [1.54, 1.807) is 26.1 Å². The van der Waals surface area contributed by atoms with Crippen LogP contribution in [0.3, 0.4) is 0 Å². The Balaban J connectivity index is 2.45. The van der Waals surface area contributed by atoms with Gasteiger partial charge in [-0.3, -0.25) is 4.79 Å². The average Bonchev–Trinajstić information content (AvgIpc) is 2.58. The van der Waals surface area contributed by atoms with Gasteiger partial charge in [-0.25, -0.2) is 4.68 Å². The molecule has 18 heavy (non-hydrogen) atoms. The van der Waals surface area contributed by atoms with E-state index >= 15 is 0 Å². The van der Waals surface area contributed by atoms with Gasteiger partial charge < -0.3 is 4.74 Å². The highest BCUT2D eigenvalue weighted by Crippen LogP contribution is 2.33. The van der Waals surface area contributed by atoms with Gasteiger partial charge in [0.25, 0.3) is 0 Å². The van der Waals surface area contributed by atoms with Crippen molar-refractivity contribution in [2.45, 2.75) is 6.92 Å². The lowest BCUT2D eigenvalue weighted by Gasteiger charge is -2.08. The summed E-state index contributed by atoms with van der Waals surface area (Å²) in [6.07, 6.45) is 0.726. The minimum atomic E-state index is 0.377. The van der Waals surface area contributed by atoms with Gasteiger partial charge in [-0.15, -0.1) is 0 Å². The van der Waals surface area contributed by atoms with Crippen LogP contribution in [0.2, 0.25) is 5.02 Å². The molecule has 2 rings (SSSR count). The van der Waals surface area contributed by atoms with Crippen molar-refractivity contribution in [3.63, 3.8) is 0 Å². The second-order valence-electron chi connectivity index (χ2n) is 3.72. The summed E-state index contributed by atoms with van der Waals surface area (Å²) < 4.78 is 8.02. The molecule has 0 saturated carbocycles. The molecule has 0 saturated heterocycles. The molecular weight excluding hydrogens is 320 g/mol. The molecular formula is C12H10BrClN2O2. The quantitative estimate of drug-likeness (QED) is 0.806. The summed E-state index contributed by atoms with van der Waals surface area (Å²) in [5.41, 5.74) is 1.04. The van der Waals surface area contributed by atoms with Crippen molar-refractivity contribution in [2.75, 3.05) is 0 Å². The Kier molecular flexibility index (Phi) is 3.73. The van der Waals surface area contributed by atoms with E-state index < -0.39 is 0 Å². The third kappa shape index (κ3) is 2.42. The minimum Gasteiger partial charge on any atom is -0.437 e. The standard InChI is InChI=1S/C12H10BrClN2O2/c1-7-9(6-17)12(16(2)15-7)18-11-5-8(13)3-4-10(11)14/h3-6H,1-2H3. The summed E-state index contributed by atoms with van der Waals surface area (Å²) in [6.45, 7) is 1.75. The third-order valence-electron chi connectivity index (χ3n) is 2.43. The lowest BCUT2D eigenvalue weighted by molar-refractivity contribution is 0.112. The molecule has 1 aromatic carbocycles. The Bertz CT molecular complexity index is 610. The normalized spacial score (nSPS) is 10.4. The van der Waals surface area contributed by atoms with Crippen molar-refractivity contribution in [3.8, 4) is 11.6 Å². The molecule has 4 nitrogen and oxygen atoms in total. The number of nitrogens with zero attached hydrogens (tertiary/aromatic N) is 2. The van der Waals surface area contributed by atoms with Crippen molar-refractivity contribution < 1.29 is 9.53 Å². The van der Waals surface area contributed by atoms with E-state index in [1.807, 2.05) is 6.07 Å². The second kappa shape index (κ2) is 5.12. The molecule has 0 fully saturated rings. The van der Waals surface area contributed by atoms with Crippen LogP contribution in [0.25, 0.3) is 0 Å². The maximum atomic E-state index is 11.0. The number of rotatable bonds is 3. The van der Waals surface area contributed by atoms with Gasteiger partial charge in [-0.2, -0.15) is 5.10 Å². The van der Waals surface area contributed by atoms with Crippen molar-refractivity contribution in [1.82, 2.24) is 9.78 Å². The number of carbonyl (C=O) groups is 1. The van der Waals surface area contributed by atoms with Gasteiger partial charge in [0, 0.05) is 11.5 Å². The van der Waals surface area contributed by atoms with Crippen LogP contribution < -0.4 is 4.74 Å². The Morgan fingerprint density at radius 1 is 1.50 bits per heavy atom. The summed E-state index contributed by atoms with van der Waals surface area (Å²) in [5.74, 6) is 0.847. The molecule has 1 aromatic heterocycles. The number of benzene rings is 1. The summed E-state index contributed by atoms with van der Waals surface area (Å²) in [7, 11) is 1.71. The molecule has 0 aliphatic rings. The molecule has 0 N–H and O–H groups in total.